The first kappa shape index (κ1) is 14.7. The Labute approximate surface area is 109 Å². The predicted octanol–water partition coefficient (Wildman–Crippen LogP) is 0.856. The van der Waals surface area contributed by atoms with Crippen LogP contribution in [-0.2, 0) is 4.79 Å². The third kappa shape index (κ3) is 3.34. The maximum Gasteiger partial charge on any atom is 0.328 e. The molecule has 0 aliphatic heterocycles. The fourth-order valence-corrected chi connectivity index (χ4v) is 1.47. The zero-order valence-corrected chi connectivity index (χ0v) is 10.5. The third-order valence-electron chi connectivity index (χ3n) is 2.41. The van der Waals surface area contributed by atoms with Gasteiger partial charge in [0.15, 0.2) is 6.04 Å². The third-order valence-corrected chi connectivity index (χ3v) is 2.41. The lowest BCUT2D eigenvalue weighted by molar-refractivity contribution is -0.139. The van der Waals surface area contributed by atoms with Crippen molar-refractivity contribution in [2.24, 2.45) is 0 Å². The highest BCUT2D eigenvalue weighted by Gasteiger charge is 2.24. The average Bonchev–Trinajstić information content (AvgIpc) is 2.42. The van der Waals surface area contributed by atoms with Gasteiger partial charge >= 0.3 is 5.97 Å². The second-order valence-electron chi connectivity index (χ2n) is 3.56. The van der Waals surface area contributed by atoms with Gasteiger partial charge in [-0.3, -0.25) is 4.79 Å². The van der Waals surface area contributed by atoms with Gasteiger partial charge in [0.1, 0.15) is 23.7 Å². The van der Waals surface area contributed by atoms with Crippen LogP contribution in [0.15, 0.2) is 18.2 Å². The fraction of sp³-hybridized carbons (Fsp3) is 0.333. The molecule has 0 aliphatic rings. The highest BCUT2D eigenvalue weighted by atomic mass is 19.1. The van der Waals surface area contributed by atoms with E-state index in [1.165, 1.54) is 26.4 Å². The normalized spacial score (nSPS) is 11.5. The molecule has 7 heteroatoms. The van der Waals surface area contributed by atoms with Gasteiger partial charge in [-0.2, -0.15) is 0 Å². The van der Waals surface area contributed by atoms with Crippen LogP contribution < -0.4 is 14.8 Å². The van der Waals surface area contributed by atoms with Gasteiger partial charge in [0.2, 0.25) is 0 Å². The summed E-state index contributed by atoms with van der Waals surface area (Å²) in [7, 11) is 2.71. The molecule has 2 N–H and O–H groups in total. The highest BCUT2D eigenvalue weighted by molar-refractivity contribution is 6.01. The molecule has 0 radical (unpaired) electrons. The van der Waals surface area contributed by atoms with Gasteiger partial charge in [0, 0.05) is 0 Å². The number of carboxylic acids is 1. The molecule has 0 bridgehead atoms. The summed E-state index contributed by atoms with van der Waals surface area (Å²) in [6.07, 6.45) is 0. The highest BCUT2D eigenvalue weighted by Crippen LogP contribution is 2.28. The molecular formula is C12H14FNO5. The standard InChI is InChI=1S/C12H14FNO5/c1-18-8-4-3-5-9(19-2)10(8)11(15)14-7(6-13)12(16)17/h3-5,7H,6H2,1-2H3,(H,14,15)(H,16,17). The number of halogens is 1. The summed E-state index contributed by atoms with van der Waals surface area (Å²) in [5, 5.41) is 10.8. The number of carbonyl (C=O) groups is 2. The quantitative estimate of drug-likeness (QED) is 0.801. The predicted molar refractivity (Wildman–Crippen MR) is 64.4 cm³/mol. The summed E-state index contributed by atoms with van der Waals surface area (Å²) in [6.45, 7) is -1.21. The molecule has 6 nitrogen and oxygen atoms in total. The van der Waals surface area contributed by atoms with Gasteiger partial charge in [-0.1, -0.05) is 6.07 Å². The summed E-state index contributed by atoms with van der Waals surface area (Å²) in [4.78, 5) is 22.7. The van der Waals surface area contributed by atoms with E-state index >= 15 is 0 Å². The monoisotopic (exact) mass is 271 g/mol. The van der Waals surface area contributed by atoms with E-state index in [9.17, 15) is 14.0 Å². The molecule has 1 aromatic carbocycles. The maximum atomic E-state index is 12.5. The van der Waals surface area contributed by atoms with E-state index in [0.29, 0.717) is 0 Å². The van der Waals surface area contributed by atoms with Gasteiger partial charge in [-0.15, -0.1) is 0 Å². The van der Waals surface area contributed by atoms with Crippen LogP contribution in [0.1, 0.15) is 10.4 Å². The molecule has 104 valence electrons. The van der Waals surface area contributed by atoms with E-state index < -0.39 is 24.6 Å². The van der Waals surface area contributed by atoms with E-state index in [2.05, 4.69) is 5.32 Å². The first-order valence-electron chi connectivity index (χ1n) is 5.35. The van der Waals surface area contributed by atoms with Gasteiger partial charge in [-0.25, -0.2) is 9.18 Å². The molecular weight excluding hydrogens is 257 g/mol. The first-order chi connectivity index (χ1) is 9.04. The number of carboxylic acid groups (broad SMARTS) is 1. The first-order valence-corrected chi connectivity index (χ1v) is 5.35. The number of rotatable bonds is 6. The summed E-state index contributed by atoms with van der Waals surface area (Å²) < 4.78 is 22.5. The Balaban J connectivity index is 3.07. The van der Waals surface area contributed by atoms with Crippen LogP contribution >= 0.6 is 0 Å². The number of ether oxygens (including phenoxy) is 2. The molecule has 0 heterocycles. The van der Waals surface area contributed by atoms with Crippen molar-refractivity contribution in [3.05, 3.63) is 23.8 Å². The largest absolute Gasteiger partial charge is 0.496 e. The van der Waals surface area contributed by atoms with Crippen LogP contribution in [0.5, 0.6) is 11.5 Å². The SMILES string of the molecule is COc1cccc(OC)c1C(=O)NC(CF)C(=O)O. The Morgan fingerprint density at radius 3 is 2.21 bits per heavy atom. The number of nitrogens with one attached hydrogen (secondary N) is 1. The van der Waals surface area contributed by atoms with Crippen LogP contribution in [-0.4, -0.2) is 43.9 Å². The number of amides is 1. The Bertz CT molecular complexity index is 455. The molecule has 0 fully saturated rings. The number of alkyl halides is 1. The van der Waals surface area contributed by atoms with E-state index in [1.807, 2.05) is 0 Å². The lowest BCUT2D eigenvalue weighted by Crippen LogP contribution is -2.42. The lowest BCUT2D eigenvalue weighted by Gasteiger charge is -2.15. The zero-order valence-electron chi connectivity index (χ0n) is 10.5. The van der Waals surface area contributed by atoms with Crippen LogP contribution in [0.2, 0.25) is 0 Å². The minimum Gasteiger partial charge on any atom is -0.496 e. The van der Waals surface area contributed by atoms with Crippen molar-refractivity contribution in [3.8, 4) is 11.5 Å². The summed E-state index contributed by atoms with van der Waals surface area (Å²) in [5.41, 5.74) is 0.0206. The molecule has 0 spiro atoms. The Morgan fingerprint density at radius 1 is 1.32 bits per heavy atom. The van der Waals surface area contributed by atoms with Gasteiger partial charge in [0.25, 0.3) is 5.91 Å². The summed E-state index contributed by atoms with van der Waals surface area (Å²) >= 11 is 0. The van der Waals surface area contributed by atoms with Crippen LogP contribution in [0.25, 0.3) is 0 Å². The number of hydrogen-bond acceptors (Lipinski definition) is 4. The van der Waals surface area contributed by atoms with E-state index in [1.54, 1.807) is 6.07 Å². The van der Waals surface area contributed by atoms with Crippen molar-refractivity contribution in [3.63, 3.8) is 0 Å². The molecule has 0 saturated carbocycles. The average molecular weight is 271 g/mol. The van der Waals surface area contributed by atoms with E-state index in [-0.39, 0.29) is 17.1 Å². The molecule has 1 atom stereocenters. The smallest absolute Gasteiger partial charge is 0.328 e. The van der Waals surface area contributed by atoms with Crippen molar-refractivity contribution in [2.45, 2.75) is 6.04 Å². The summed E-state index contributed by atoms with van der Waals surface area (Å²) in [5.74, 6) is -1.82. The Morgan fingerprint density at radius 2 is 1.84 bits per heavy atom. The molecule has 1 amide bonds. The second kappa shape index (κ2) is 6.58. The van der Waals surface area contributed by atoms with E-state index in [4.69, 9.17) is 14.6 Å². The van der Waals surface area contributed by atoms with Gasteiger partial charge in [0.05, 0.1) is 14.2 Å². The molecule has 1 rings (SSSR count). The minimum absolute atomic E-state index is 0.0206. The zero-order chi connectivity index (χ0) is 14.4. The number of aliphatic carboxylic acids is 1. The number of hydrogen-bond donors (Lipinski definition) is 2. The fourth-order valence-electron chi connectivity index (χ4n) is 1.47. The van der Waals surface area contributed by atoms with Gasteiger partial charge < -0.3 is 19.9 Å². The minimum atomic E-state index is -1.61. The maximum absolute atomic E-state index is 12.5. The molecule has 19 heavy (non-hydrogen) atoms. The topological polar surface area (TPSA) is 84.9 Å². The molecule has 0 saturated heterocycles. The van der Waals surface area contributed by atoms with Gasteiger partial charge in [-0.05, 0) is 12.1 Å². The molecule has 0 aromatic heterocycles. The van der Waals surface area contributed by atoms with Crippen LogP contribution in [0.4, 0.5) is 4.39 Å². The van der Waals surface area contributed by atoms with Crippen LogP contribution in [0, 0.1) is 0 Å². The molecule has 0 aliphatic carbocycles. The number of methoxy groups -OCH3 is 2. The van der Waals surface area contributed by atoms with Crippen LogP contribution in [0.3, 0.4) is 0 Å². The van der Waals surface area contributed by atoms with Crippen molar-refractivity contribution in [1.82, 2.24) is 5.32 Å². The molecule has 1 aromatic rings. The number of benzene rings is 1. The lowest BCUT2D eigenvalue weighted by atomic mass is 10.1. The molecule has 1 unspecified atom stereocenters. The Kier molecular flexibility index (Phi) is 5.11. The van der Waals surface area contributed by atoms with Crippen molar-refractivity contribution < 1.29 is 28.6 Å². The van der Waals surface area contributed by atoms with Crippen molar-refractivity contribution >= 4 is 11.9 Å². The van der Waals surface area contributed by atoms with Crippen molar-refractivity contribution in [2.75, 3.05) is 20.9 Å². The second-order valence-corrected chi connectivity index (χ2v) is 3.56. The van der Waals surface area contributed by atoms with Crippen molar-refractivity contribution in [1.29, 1.82) is 0 Å². The summed E-state index contributed by atoms with van der Waals surface area (Å²) in [6, 6.07) is 3.03. The Hall–Kier alpha value is -2.31. The number of carbonyl (C=O) groups excluding carboxylic acids is 1. The van der Waals surface area contributed by atoms with E-state index in [0.717, 1.165) is 0 Å².